The molecule has 0 fully saturated rings. The van der Waals surface area contributed by atoms with Crippen LogP contribution in [0.2, 0.25) is 0 Å². The summed E-state index contributed by atoms with van der Waals surface area (Å²) in [5.41, 5.74) is 0. The predicted molar refractivity (Wildman–Crippen MR) is 70.6 cm³/mol. The van der Waals surface area contributed by atoms with Crippen LogP contribution in [0, 0.1) is 0 Å². The van der Waals surface area contributed by atoms with Crippen molar-refractivity contribution in [2.24, 2.45) is 0 Å². The van der Waals surface area contributed by atoms with Gasteiger partial charge in [-0.2, -0.15) is 0 Å². The monoisotopic (exact) mass is 256 g/mol. The molecule has 0 bridgehead atoms. The summed E-state index contributed by atoms with van der Waals surface area (Å²) in [7, 11) is 3.38. The van der Waals surface area contributed by atoms with Crippen LogP contribution < -0.4 is 10.6 Å². The third-order valence-corrected chi connectivity index (χ3v) is 2.71. The number of furan rings is 1. The van der Waals surface area contributed by atoms with Crippen molar-refractivity contribution in [3.63, 3.8) is 0 Å². The molecule has 1 rings (SSSR count). The maximum absolute atomic E-state index is 5.28. The first-order valence-corrected chi connectivity index (χ1v) is 6.24. The van der Waals surface area contributed by atoms with E-state index in [9.17, 15) is 0 Å². The first-order chi connectivity index (χ1) is 8.76. The Morgan fingerprint density at radius 2 is 2.17 bits per heavy atom. The Balaban J connectivity index is 2.07. The van der Waals surface area contributed by atoms with Gasteiger partial charge in [-0.25, -0.2) is 0 Å². The molecule has 0 radical (unpaired) electrons. The summed E-state index contributed by atoms with van der Waals surface area (Å²) >= 11 is 0. The maximum Gasteiger partial charge on any atom is 0.117 e. The minimum absolute atomic E-state index is 0.0996. The summed E-state index contributed by atoms with van der Waals surface area (Å²) in [4.78, 5) is 0. The Bertz CT molecular complexity index is 290. The zero-order valence-electron chi connectivity index (χ0n) is 11.4. The molecule has 0 saturated carbocycles. The topological polar surface area (TPSA) is 55.7 Å². The molecule has 2 atom stereocenters. The lowest BCUT2D eigenvalue weighted by Gasteiger charge is -2.19. The van der Waals surface area contributed by atoms with Crippen molar-refractivity contribution in [3.05, 3.63) is 24.2 Å². The Morgan fingerprint density at radius 3 is 2.78 bits per heavy atom. The van der Waals surface area contributed by atoms with Crippen LogP contribution in [-0.2, 0) is 16.0 Å². The van der Waals surface area contributed by atoms with Crippen LogP contribution in [0.15, 0.2) is 22.8 Å². The highest BCUT2D eigenvalue weighted by molar-refractivity contribution is 4.97. The molecule has 0 aromatic carbocycles. The van der Waals surface area contributed by atoms with Crippen molar-refractivity contribution in [2.45, 2.75) is 25.6 Å². The first kappa shape index (κ1) is 15.2. The van der Waals surface area contributed by atoms with Crippen molar-refractivity contribution in [1.82, 2.24) is 10.6 Å². The number of hydrogen-bond donors (Lipinski definition) is 2. The van der Waals surface area contributed by atoms with E-state index in [2.05, 4.69) is 17.6 Å². The first-order valence-electron chi connectivity index (χ1n) is 6.24. The molecule has 1 heterocycles. The Labute approximate surface area is 109 Å². The molecule has 0 saturated heterocycles. The molecular formula is C13H24N2O3. The second kappa shape index (κ2) is 9.10. The highest BCUT2D eigenvalue weighted by Crippen LogP contribution is 1.98. The molecule has 18 heavy (non-hydrogen) atoms. The summed E-state index contributed by atoms with van der Waals surface area (Å²) in [5, 5.41) is 6.73. The molecule has 2 unspecified atom stereocenters. The van der Waals surface area contributed by atoms with Crippen molar-refractivity contribution in [1.29, 1.82) is 0 Å². The zero-order chi connectivity index (χ0) is 13.2. The molecule has 104 valence electrons. The van der Waals surface area contributed by atoms with Crippen molar-refractivity contribution < 1.29 is 13.9 Å². The van der Waals surface area contributed by atoms with Gasteiger partial charge in [-0.15, -0.1) is 0 Å². The van der Waals surface area contributed by atoms with Gasteiger partial charge in [0, 0.05) is 33.4 Å². The quantitative estimate of drug-likeness (QED) is 0.654. The van der Waals surface area contributed by atoms with E-state index in [1.54, 1.807) is 20.5 Å². The minimum atomic E-state index is 0.0996. The second-order valence-electron chi connectivity index (χ2n) is 4.33. The highest BCUT2D eigenvalue weighted by atomic mass is 16.5. The number of methoxy groups -OCH3 is 2. The van der Waals surface area contributed by atoms with Crippen LogP contribution in [0.1, 0.15) is 12.7 Å². The number of ether oxygens (including phenoxy) is 2. The highest BCUT2D eigenvalue weighted by Gasteiger charge is 2.08. The summed E-state index contributed by atoms with van der Waals surface area (Å²) in [6, 6.07) is 4.23. The van der Waals surface area contributed by atoms with Gasteiger partial charge in [-0.3, -0.25) is 0 Å². The van der Waals surface area contributed by atoms with Gasteiger partial charge in [0.05, 0.1) is 25.5 Å². The molecule has 5 nitrogen and oxygen atoms in total. The fraction of sp³-hybridized carbons (Fsp3) is 0.692. The molecule has 5 heteroatoms. The number of rotatable bonds is 10. The minimum Gasteiger partial charge on any atom is -0.468 e. The van der Waals surface area contributed by atoms with Crippen LogP contribution in [0.3, 0.4) is 0 Å². The lowest BCUT2D eigenvalue weighted by molar-refractivity contribution is 0.0276. The van der Waals surface area contributed by atoms with Gasteiger partial charge < -0.3 is 24.5 Å². The van der Waals surface area contributed by atoms with Gasteiger partial charge in [0.25, 0.3) is 0 Å². The summed E-state index contributed by atoms with van der Waals surface area (Å²) in [6.07, 6.45) is 1.79. The van der Waals surface area contributed by atoms with Gasteiger partial charge in [0.1, 0.15) is 5.76 Å². The molecule has 2 N–H and O–H groups in total. The standard InChI is InChI=1S/C13H24N2O3/c1-11(15-9-13(17-3)10-16-2)7-14-8-12-5-4-6-18-12/h4-6,11,13-15H,7-10H2,1-3H3. The summed E-state index contributed by atoms with van der Waals surface area (Å²) in [6.45, 7) is 5.16. The zero-order valence-corrected chi connectivity index (χ0v) is 11.4. The molecule has 1 aromatic rings. The normalized spacial score (nSPS) is 14.6. The number of hydrogen-bond acceptors (Lipinski definition) is 5. The largest absolute Gasteiger partial charge is 0.468 e. The van der Waals surface area contributed by atoms with Crippen molar-refractivity contribution >= 4 is 0 Å². The number of nitrogens with one attached hydrogen (secondary N) is 2. The molecule has 0 aliphatic heterocycles. The Kier molecular flexibility index (Phi) is 7.68. The van der Waals surface area contributed by atoms with Crippen LogP contribution in [0.5, 0.6) is 0 Å². The average molecular weight is 256 g/mol. The van der Waals surface area contributed by atoms with Crippen molar-refractivity contribution in [3.8, 4) is 0 Å². The van der Waals surface area contributed by atoms with E-state index in [1.807, 2.05) is 12.1 Å². The van der Waals surface area contributed by atoms with E-state index < -0.39 is 0 Å². The molecular weight excluding hydrogens is 232 g/mol. The fourth-order valence-electron chi connectivity index (χ4n) is 1.63. The Morgan fingerprint density at radius 1 is 1.33 bits per heavy atom. The van der Waals surface area contributed by atoms with E-state index in [4.69, 9.17) is 13.9 Å². The smallest absolute Gasteiger partial charge is 0.117 e. The fourth-order valence-corrected chi connectivity index (χ4v) is 1.63. The van der Waals surface area contributed by atoms with Gasteiger partial charge in [-0.1, -0.05) is 0 Å². The molecule has 1 aromatic heterocycles. The van der Waals surface area contributed by atoms with Gasteiger partial charge in [0.2, 0.25) is 0 Å². The molecule has 0 spiro atoms. The third kappa shape index (κ3) is 6.16. The third-order valence-electron chi connectivity index (χ3n) is 2.71. The lowest BCUT2D eigenvalue weighted by Crippen LogP contribution is -2.41. The lowest BCUT2D eigenvalue weighted by atomic mass is 10.3. The van der Waals surface area contributed by atoms with Crippen LogP contribution >= 0.6 is 0 Å². The van der Waals surface area contributed by atoms with E-state index in [1.165, 1.54) is 0 Å². The van der Waals surface area contributed by atoms with E-state index in [0.29, 0.717) is 12.6 Å². The molecule has 0 amide bonds. The summed E-state index contributed by atoms with van der Waals surface area (Å²) in [5.74, 6) is 0.955. The SMILES string of the molecule is COCC(CNC(C)CNCc1ccco1)OC. The van der Waals surface area contributed by atoms with Gasteiger partial charge >= 0.3 is 0 Å². The van der Waals surface area contributed by atoms with Crippen LogP contribution in [0.25, 0.3) is 0 Å². The molecule has 0 aliphatic rings. The van der Waals surface area contributed by atoms with E-state index in [-0.39, 0.29) is 6.10 Å². The summed E-state index contributed by atoms with van der Waals surface area (Å²) < 4.78 is 15.6. The van der Waals surface area contributed by atoms with Crippen molar-refractivity contribution in [2.75, 3.05) is 33.9 Å². The van der Waals surface area contributed by atoms with Crippen LogP contribution in [0.4, 0.5) is 0 Å². The Hall–Kier alpha value is -0.880. The maximum atomic E-state index is 5.28. The van der Waals surface area contributed by atoms with E-state index in [0.717, 1.165) is 25.4 Å². The van der Waals surface area contributed by atoms with Gasteiger partial charge in [0.15, 0.2) is 0 Å². The second-order valence-corrected chi connectivity index (χ2v) is 4.33. The van der Waals surface area contributed by atoms with E-state index >= 15 is 0 Å². The van der Waals surface area contributed by atoms with Gasteiger partial charge in [-0.05, 0) is 19.1 Å². The average Bonchev–Trinajstić information content (AvgIpc) is 2.87. The molecule has 0 aliphatic carbocycles. The predicted octanol–water partition coefficient (Wildman–Crippen LogP) is 1.01. The van der Waals surface area contributed by atoms with Crippen LogP contribution in [-0.4, -0.2) is 46.1 Å².